The lowest BCUT2D eigenvalue weighted by atomic mass is 10.2. The molecule has 0 radical (unpaired) electrons. The van der Waals surface area contributed by atoms with E-state index >= 15 is 0 Å². The Labute approximate surface area is 114 Å². The van der Waals surface area contributed by atoms with Gasteiger partial charge in [-0.1, -0.05) is 18.2 Å². The summed E-state index contributed by atoms with van der Waals surface area (Å²) in [5, 5.41) is 9.77. The molecule has 5 nitrogen and oxygen atoms in total. The van der Waals surface area contributed by atoms with Crippen molar-refractivity contribution in [2.24, 2.45) is 5.73 Å². The lowest BCUT2D eigenvalue weighted by Crippen LogP contribution is -2.27. The van der Waals surface area contributed by atoms with Crippen molar-refractivity contribution in [3.63, 3.8) is 0 Å². The SMILES string of the molecule is COCC(C)OCC(O)COc1ccccc1CN. The highest BCUT2D eigenvalue weighted by Gasteiger charge is 2.10. The van der Waals surface area contributed by atoms with E-state index in [1.54, 1.807) is 7.11 Å². The molecule has 0 bridgehead atoms. The van der Waals surface area contributed by atoms with Crippen molar-refractivity contribution in [3.05, 3.63) is 29.8 Å². The summed E-state index contributed by atoms with van der Waals surface area (Å²) in [6, 6.07) is 7.52. The van der Waals surface area contributed by atoms with E-state index in [4.69, 9.17) is 19.9 Å². The van der Waals surface area contributed by atoms with E-state index in [0.717, 1.165) is 5.56 Å². The fourth-order valence-corrected chi connectivity index (χ4v) is 1.61. The van der Waals surface area contributed by atoms with Crippen LogP contribution in [0.5, 0.6) is 5.75 Å². The number of para-hydroxylation sites is 1. The van der Waals surface area contributed by atoms with E-state index in [9.17, 15) is 5.11 Å². The molecule has 2 atom stereocenters. The van der Waals surface area contributed by atoms with E-state index in [1.807, 2.05) is 31.2 Å². The van der Waals surface area contributed by atoms with E-state index < -0.39 is 6.10 Å². The average molecular weight is 269 g/mol. The Morgan fingerprint density at radius 1 is 1.21 bits per heavy atom. The first-order valence-corrected chi connectivity index (χ1v) is 6.36. The topological polar surface area (TPSA) is 73.9 Å². The van der Waals surface area contributed by atoms with Gasteiger partial charge in [0.2, 0.25) is 0 Å². The van der Waals surface area contributed by atoms with Crippen LogP contribution < -0.4 is 10.5 Å². The highest BCUT2D eigenvalue weighted by atomic mass is 16.5. The zero-order valence-electron chi connectivity index (χ0n) is 11.5. The van der Waals surface area contributed by atoms with Gasteiger partial charge in [0.05, 0.1) is 19.3 Å². The van der Waals surface area contributed by atoms with Gasteiger partial charge in [-0.05, 0) is 13.0 Å². The summed E-state index contributed by atoms with van der Waals surface area (Å²) in [6.07, 6.45) is -0.721. The van der Waals surface area contributed by atoms with E-state index in [0.29, 0.717) is 18.9 Å². The Bertz CT molecular complexity index is 359. The summed E-state index contributed by atoms with van der Waals surface area (Å²) in [5.41, 5.74) is 6.53. The van der Waals surface area contributed by atoms with Gasteiger partial charge in [0.15, 0.2) is 0 Å². The first kappa shape index (κ1) is 15.9. The molecule has 0 heterocycles. The van der Waals surface area contributed by atoms with Crippen molar-refractivity contribution in [2.75, 3.05) is 26.9 Å². The minimum Gasteiger partial charge on any atom is -0.490 e. The highest BCUT2D eigenvalue weighted by molar-refractivity contribution is 5.32. The normalized spacial score (nSPS) is 14.1. The van der Waals surface area contributed by atoms with Gasteiger partial charge in [-0.15, -0.1) is 0 Å². The molecule has 1 aromatic carbocycles. The molecular formula is C14H23NO4. The number of hydrogen-bond donors (Lipinski definition) is 2. The maximum Gasteiger partial charge on any atom is 0.123 e. The van der Waals surface area contributed by atoms with Crippen molar-refractivity contribution >= 4 is 0 Å². The van der Waals surface area contributed by atoms with Gasteiger partial charge in [-0.25, -0.2) is 0 Å². The number of ether oxygens (including phenoxy) is 3. The third kappa shape index (κ3) is 6.02. The third-order valence-corrected chi connectivity index (χ3v) is 2.60. The zero-order valence-corrected chi connectivity index (χ0v) is 11.5. The summed E-state index contributed by atoms with van der Waals surface area (Å²) < 4.78 is 15.9. The number of aliphatic hydroxyl groups is 1. The maximum absolute atomic E-state index is 9.77. The number of methoxy groups -OCH3 is 1. The molecule has 0 saturated heterocycles. The average Bonchev–Trinajstić information content (AvgIpc) is 2.43. The van der Waals surface area contributed by atoms with Crippen LogP contribution in [0.4, 0.5) is 0 Å². The second-order valence-electron chi connectivity index (χ2n) is 4.38. The van der Waals surface area contributed by atoms with E-state index in [1.165, 1.54) is 0 Å². The molecule has 0 aliphatic rings. The summed E-state index contributed by atoms with van der Waals surface area (Å²) in [4.78, 5) is 0. The van der Waals surface area contributed by atoms with Gasteiger partial charge in [-0.2, -0.15) is 0 Å². The molecule has 0 amide bonds. The van der Waals surface area contributed by atoms with Gasteiger partial charge in [0.1, 0.15) is 18.5 Å². The number of nitrogens with two attached hydrogens (primary N) is 1. The molecular weight excluding hydrogens is 246 g/mol. The monoisotopic (exact) mass is 269 g/mol. The Morgan fingerprint density at radius 2 is 1.95 bits per heavy atom. The van der Waals surface area contributed by atoms with E-state index in [2.05, 4.69) is 0 Å². The number of hydrogen-bond acceptors (Lipinski definition) is 5. The van der Waals surface area contributed by atoms with E-state index in [-0.39, 0.29) is 19.3 Å². The smallest absolute Gasteiger partial charge is 0.123 e. The lowest BCUT2D eigenvalue weighted by Gasteiger charge is -2.17. The second-order valence-corrected chi connectivity index (χ2v) is 4.38. The Balaban J connectivity index is 2.31. The maximum atomic E-state index is 9.77. The molecule has 108 valence electrons. The standard InChI is InChI=1S/C14H23NO4/c1-11(8-17-2)18-9-13(16)10-19-14-6-4-3-5-12(14)7-15/h3-6,11,13,16H,7-10,15H2,1-2H3. The molecule has 5 heteroatoms. The van der Waals surface area contributed by atoms with Crippen LogP contribution in [0, 0.1) is 0 Å². The third-order valence-electron chi connectivity index (χ3n) is 2.60. The molecule has 0 spiro atoms. The minimum atomic E-state index is -0.676. The largest absolute Gasteiger partial charge is 0.490 e. The molecule has 0 aliphatic carbocycles. The molecule has 0 fully saturated rings. The van der Waals surface area contributed by atoms with Gasteiger partial charge in [0.25, 0.3) is 0 Å². The molecule has 0 saturated carbocycles. The van der Waals surface area contributed by atoms with Crippen LogP contribution in [-0.4, -0.2) is 44.2 Å². The Kier molecular flexibility index (Phi) is 7.43. The van der Waals surface area contributed by atoms with Crippen LogP contribution in [0.2, 0.25) is 0 Å². The molecule has 19 heavy (non-hydrogen) atoms. The highest BCUT2D eigenvalue weighted by Crippen LogP contribution is 2.17. The van der Waals surface area contributed by atoms with Crippen molar-refractivity contribution in [3.8, 4) is 5.75 Å². The van der Waals surface area contributed by atoms with Crippen molar-refractivity contribution in [1.82, 2.24) is 0 Å². The molecule has 1 rings (SSSR count). The zero-order chi connectivity index (χ0) is 14.1. The lowest BCUT2D eigenvalue weighted by molar-refractivity contribution is -0.0423. The van der Waals surface area contributed by atoms with Crippen LogP contribution in [0.1, 0.15) is 12.5 Å². The van der Waals surface area contributed by atoms with Crippen molar-refractivity contribution in [2.45, 2.75) is 25.7 Å². The summed E-state index contributed by atoms with van der Waals surface area (Å²) in [6.45, 7) is 3.20. The summed E-state index contributed by atoms with van der Waals surface area (Å²) in [5.74, 6) is 0.703. The molecule has 2 unspecified atom stereocenters. The first-order valence-electron chi connectivity index (χ1n) is 6.36. The number of rotatable bonds is 9. The minimum absolute atomic E-state index is 0.0454. The second kappa shape index (κ2) is 8.87. The quantitative estimate of drug-likeness (QED) is 0.698. The first-order chi connectivity index (χ1) is 9.17. The molecule has 3 N–H and O–H groups in total. The molecule has 0 aromatic heterocycles. The van der Waals surface area contributed by atoms with Crippen LogP contribution in [0.25, 0.3) is 0 Å². The van der Waals surface area contributed by atoms with Crippen molar-refractivity contribution in [1.29, 1.82) is 0 Å². The Morgan fingerprint density at radius 3 is 2.63 bits per heavy atom. The molecule has 0 aliphatic heterocycles. The van der Waals surface area contributed by atoms with Crippen LogP contribution in [0.3, 0.4) is 0 Å². The van der Waals surface area contributed by atoms with Crippen molar-refractivity contribution < 1.29 is 19.3 Å². The fourth-order valence-electron chi connectivity index (χ4n) is 1.61. The number of benzene rings is 1. The summed E-state index contributed by atoms with van der Waals surface area (Å²) in [7, 11) is 1.61. The predicted octanol–water partition coefficient (Wildman–Crippen LogP) is 0.937. The summed E-state index contributed by atoms with van der Waals surface area (Å²) >= 11 is 0. The Hall–Kier alpha value is -1.14. The van der Waals surface area contributed by atoms with Gasteiger partial charge in [-0.3, -0.25) is 0 Å². The number of aliphatic hydroxyl groups excluding tert-OH is 1. The fraction of sp³-hybridized carbons (Fsp3) is 0.571. The van der Waals surface area contributed by atoms with Crippen LogP contribution >= 0.6 is 0 Å². The predicted molar refractivity (Wildman–Crippen MR) is 73.1 cm³/mol. The van der Waals surface area contributed by atoms with Crippen LogP contribution in [-0.2, 0) is 16.0 Å². The van der Waals surface area contributed by atoms with Gasteiger partial charge < -0.3 is 25.1 Å². The van der Waals surface area contributed by atoms with Gasteiger partial charge in [0, 0.05) is 19.2 Å². The van der Waals surface area contributed by atoms with Crippen LogP contribution in [0.15, 0.2) is 24.3 Å². The molecule has 1 aromatic rings. The van der Waals surface area contributed by atoms with Gasteiger partial charge >= 0.3 is 0 Å².